The van der Waals surface area contributed by atoms with Gasteiger partial charge in [0.1, 0.15) is 0 Å². The molecular weight excluding hydrogens is 296 g/mol. The molecule has 0 atom stereocenters. The Morgan fingerprint density at radius 3 is 2.07 bits per heavy atom. The third-order valence-corrected chi connectivity index (χ3v) is 2.17. The normalized spacial score (nSPS) is 11.7. The average molecular weight is 307 g/mol. The van der Waals surface area contributed by atoms with E-state index < -0.39 is 0 Å². The van der Waals surface area contributed by atoms with E-state index in [9.17, 15) is 5.11 Å². The van der Waals surface area contributed by atoms with E-state index in [0.29, 0.717) is 5.33 Å². The van der Waals surface area contributed by atoms with Gasteiger partial charge in [0, 0.05) is 5.33 Å². The second kappa shape index (κ2) is 8.66. The van der Waals surface area contributed by atoms with Crippen LogP contribution in [-0.4, -0.2) is 5.33 Å². The van der Waals surface area contributed by atoms with Crippen molar-refractivity contribution in [2.45, 2.75) is 0 Å². The number of hydrogen-bond acceptors (Lipinski definition) is 1. The number of halogens is 1. The zero-order chi connectivity index (χ0) is 10.2. The molecule has 1 aliphatic rings. The van der Waals surface area contributed by atoms with Gasteiger partial charge in [0.05, 0.1) is 0 Å². The first kappa shape index (κ1) is 14.4. The number of allylic oxidation sites excluding steroid dienone is 6. The number of hydrogen-bond donors (Lipinski definition) is 0. The van der Waals surface area contributed by atoms with Gasteiger partial charge in [-0.1, -0.05) is 40.2 Å². The first-order valence-electron chi connectivity index (χ1n) is 4.32. The van der Waals surface area contributed by atoms with Crippen molar-refractivity contribution < 1.29 is 22.2 Å². The molecule has 1 aliphatic carbocycles. The number of rotatable bonds is 1. The average Bonchev–Trinajstić information content (AvgIpc) is 2.91. The summed E-state index contributed by atoms with van der Waals surface area (Å²) in [6.45, 7) is 0. The molecule has 1 aromatic carbocycles. The predicted octanol–water partition coefficient (Wildman–Crippen LogP) is 2.52. The summed E-state index contributed by atoms with van der Waals surface area (Å²) in [5, 5.41) is 11.2. The maximum Gasteiger partial charge on any atom is 2.00 e. The maximum absolute atomic E-state index is 10.8. The summed E-state index contributed by atoms with van der Waals surface area (Å²) in [5.41, 5.74) is 0.784. The first-order chi connectivity index (χ1) is 6.84. The van der Waals surface area contributed by atoms with Crippen LogP contribution >= 0.6 is 15.9 Å². The van der Waals surface area contributed by atoms with Crippen molar-refractivity contribution in [1.82, 2.24) is 0 Å². The van der Waals surface area contributed by atoms with Gasteiger partial charge >= 0.3 is 17.1 Å². The molecule has 0 amide bonds. The fraction of sp³-hybridized carbons (Fsp3) is 0.0833. The van der Waals surface area contributed by atoms with Crippen LogP contribution in [0.2, 0.25) is 0 Å². The van der Waals surface area contributed by atoms with E-state index in [4.69, 9.17) is 0 Å². The SMILES string of the molecule is [Fe+2].[O-]C(CBr)=C1C=CC=C1.c1cc[cH-]c1. The second-order valence-electron chi connectivity index (χ2n) is 2.69. The summed E-state index contributed by atoms with van der Waals surface area (Å²) >= 11 is 3.09. The van der Waals surface area contributed by atoms with Crippen LogP contribution in [0.3, 0.4) is 0 Å². The Balaban J connectivity index is 0.000000280. The van der Waals surface area contributed by atoms with Gasteiger partial charge in [-0.25, -0.2) is 12.1 Å². The van der Waals surface area contributed by atoms with Crippen LogP contribution in [0.5, 0.6) is 0 Å². The molecule has 15 heavy (non-hydrogen) atoms. The molecule has 0 spiro atoms. The molecule has 0 fully saturated rings. The fourth-order valence-corrected chi connectivity index (χ4v) is 1.28. The van der Waals surface area contributed by atoms with Crippen molar-refractivity contribution in [1.29, 1.82) is 0 Å². The fourth-order valence-electron chi connectivity index (χ4n) is 0.958. The Labute approximate surface area is 109 Å². The second-order valence-corrected chi connectivity index (χ2v) is 3.25. The molecule has 0 N–H and O–H groups in total. The Hall–Kier alpha value is -0.631. The zero-order valence-corrected chi connectivity index (χ0v) is 10.7. The van der Waals surface area contributed by atoms with E-state index in [0.717, 1.165) is 5.57 Å². The van der Waals surface area contributed by atoms with Gasteiger partial charge in [-0.05, 0) is 5.57 Å². The molecule has 80 valence electrons. The van der Waals surface area contributed by atoms with Crippen molar-refractivity contribution in [2.75, 3.05) is 5.33 Å². The van der Waals surface area contributed by atoms with Crippen LogP contribution in [0.15, 0.2) is 66.0 Å². The Morgan fingerprint density at radius 1 is 1.20 bits per heavy atom. The molecule has 0 bridgehead atoms. The van der Waals surface area contributed by atoms with Crippen molar-refractivity contribution in [3.63, 3.8) is 0 Å². The van der Waals surface area contributed by atoms with Crippen molar-refractivity contribution in [3.8, 4) is 0 Å². The minimum absolute atomic E-state index is 0. The van der Waals surface area contributed by atoms with Crippen LogP contribution in [-0.2, 0) is 17.1 Å². The van der Waals surface area contributed by atoms with Crippen molar-refractivity contribution in [2.24, 2.45) is 0 Å². The molecule has 0 unspecified atom stereocenters. The van der Waals surface area contributed by atoms with E-state index in [-0.39, 0.29) is 22.8 Å². The number of alkyl halides is 1. The molecule has 0 saturated carbocycles. The third kappa shape index (κ3) is 5.73. The summed E-state index contributed by atoms with van der Waals surface area (Å²) in [5.74, 6) is 0.139. The summed E-state index contributed by atoms with van der Waals surface area (Å²) in [7, 11) is 0. The molecule has 0 aromatic heterocycles. The van der Waals surface area contributed by atoms with Crippen molar-refractivity contribution >= 4 is 15.9 Å². The first-order valence-corrected chi connectivity index (χ1v) is 5.44. The Bertz CT molecular complexity index is 305. The third-order valence-electron chi connectivity index (χ3n) is 1.66. The van der Waals surface area contributed by atoms with Gasteiger partial charge in [-0.3, -0.25) is 0 Å². The van der Waals surface area contributed by atoms with E-state index in [1.807, 2.05) is 54.6 Å². The minimum atomic E-state index is 0. The van der Waals surface area contributed by atoms with Gasteiger partial charge < -0.3 is 5.11 Å². The molecule has 3 heteroatoms. The molecule has 1 aromatic rings. The van der Waals surface area contributed by atoms with Gasteiger partial charge in [0.15, 0.2) is 0 Å². The van der Waals surface area contributed by atoms with Gasteiger partial charge in [-0.2, -0.15) is 18.2 Å². The Morgan fingerprint density at radius 2 is 1.73 bits per heavy atom. The standard InChI is InChI=1S/C7H7BrO.C5H5.Fe/c8-5-7(9)6-3-1-2-4-6;1-2-4-5-3-1;/h1-4,9H,5H2;1-5H;/q;-1;+2/p-1. The summed E-state index contributed by atoms with van der Waals surface area (Å²) in [4.78, 5) is 0. The van der Waals surface area contributed by atoms with E-state index in [1.165, 1.54) is 0 Å². The molecular formula is C12H11BrFeO. The molecule has 1 nitrogen and oxygen atoms in total. The predicted molar refractivity (Wildman–Crippen MR) is 61.1 cm³/mol. The van der Waals surface area contributed by atoms with Gasteiger partial charge in [0.2, 0.25) is 0 Å². The molecule has 0 saturated heterocycles. The van der Waals surface area contributed by atoms with E-state index in [2.05, 4.69) is 15.9 Å². The monoisotopic (exact) mass is 306 g/mol. The van der Waals surface area contributed by atoms with Crippen LogP contribution in [0.1, 0.15) is 0 Å². The summed E-state index contributed by atoms with van der Waals surface area (Å²) < 4.78 is 0. The Kier molecular flexibility index (Phi) is 8.30. The zero-order valence-electron chi connectivity index (χ0n) is 8.04. The van der Waals surface area contributed by atoms with Crippen molar-refractivity contribution in [3.05, 3.63) is 66.0 Å². The molecule has 0 heterocycles. The quantitative estimate of drug-likeness (QED) is 0.338. The van der Waals surface area contributed by atoms with Gasteiger partial charge in [0.25, 0.3) is 0 Å². The maximum atomic E-state index is 10.8. The molecule has 2 rings (SSSR count). The molecule has 0 aliphatic heterocycles. The summed E-state index contributed by atoms with van der Waals surface area (Å²) in [6, 6.07) is 10.0. The topological polar surface area (TPSA) is 23.1 Å². The summed E-state index contributed by atoms with van der Waals surface area (Å²) in [6.07, 6.45) is 7.33. The van der Waals surface area contributed by atoms with Crippen LogP contribution in [0.25, 0.3) is 0 Å². The van der Waals surface area contributed by atoms with Gasteiger partial charge in [-0.15, -0.1) is 5.76 Å². The molecule has 0 radical (unpaired) electrons. The van der Waals surface area contributed by atoms with E-state index in [1.54, 1.807) is 0 Å². The minimum Gasteiger partial charge on any atom is -0.874 e. The van der Waals surface area contributed by atoms with Crippen LogP contribution < -0.4 is 5.11 Å². The van der Waals surface area contributed by atoms with E-state index >= 15 is 0 Å². The largest absolute Gasteiger partial charge is 2.00 e. The smallest absolute Gasteiger partial charge is 0.874 e. The van der Waals surface area contributed by atoms with Crippen LogP contribution in [0.4, 0.5) is 0 Å². The van der Waals surface area contributed by atoms with Crippen LogP contribution in [0, 0.1) is 0 Å².